The van der Waals surface area contributed by atoms with Gasteiger partial charge in [-0.2, -0.15) is 0 Å². The van der Waals surface area contributed by atoms with Crippen molar-refractivity contribution in [3.63, 3.8) is 0 Å². The van der Waals surface area contributed by atoms with Gasteiger partial charge in [0.15, 0.2) is 16.4 Å². The van der Waals surface area contributed by atoms with E-state index in [4.69, 9.17) is 16.3 Å². The fourth-order valence-corrected chi connectivity index (χ4v) is 3.10. The van der Waals surface area contributed by atoms with Crippen LogP contribution in [0.2, 0.25) is 5.02 Å². The van der Waals surface area contributed by atoms with Crippen molar-refractivity contribution in [2.24, 2.45) is 0 Å². The van der Waals surface area contributed by atoms with Crippen molar-refractivity contribution in [3.8, 4) is 0 Å². The Hall–Kier alpha value is -2.38. The highest BCUT2D eigenvalue weighted by molar-refractivity contribution is 7.89. The molecule has 2 aromatic rings. The number of carbonyl (C=O) groups excluding carboxylic acids is 2. The molecule has 1 N–H and O–H groups in total. The van der Waals surface area contributed by atoms with Crippen LogP contribution >= 0.6 is 11.6 Å². The molecule has 0 aromatic heterocycles. The summed E-state index contributed by atoms with van der Waals surface area (Å²) in [6, 6.07) is 11.1. The maximum absolute atomic E-state index is 12.0. The summed E-state index contributed by atoms with van der Waals surface area (Å²) < 4.78 is 27.4. The quantitative estimate of drug-likeness (QED) is 0.759. The molecule has 0 atom stereocenters. The molecule has 0 heterocycles. The number of hydrogen-bond donors (Lipinski definition) is 1. The van der Waals surface area contributed by atoms with Crippen LogP contribution in [-0.4, -0.2) is 33.2 Å². The van der Waals surface area contributed by atoms with E-state index >= 15 is 0 Å². The number of sulfone groups is 1. The Labute approximate surface area is 157 Å². The Kier molecular flexibility index (Phi) is 6.39. The molecule has 0 radical (unpaired) electrons. The third kappa shape index (κ3) is 6.16. The zero-order valence-corrected chi connectivity index (χ0v) is 15.9. The number of benzene rings is 2. The van der Waals surface area contributed by atoms with Gasteiger partial charge in [0.2, 0.25) is 0 Å². The van der Waals surface area contributed by atoms with E-state index in [2.05, 4.69) is 5.32 Å². The van der Waals surface area contributed by atoms with Gasteiger partial charge in [-0.25, -0.2) is 13.2 Å². The normalized spacial score (nSPS) is 11.0. The summed E-state index contributed by atoms with van der Waals surface area (Å²) in [5.41, 5.74) is 2.19. The second-order valence-corrected chi connectivity index (χ2v) is 8.40. The summed E-state index contributed by atoms with van der Waals surface area (Å²) in [7, 11) is -3.15. The van der Waals surface area contributed by atoms with Crippen LogP contribution in [0.5, 0.6) is 0 Å². The highest BCUT2D eigenvalue weighted by Crippen LogP contribution is 2.19. The molecule has 0 unspecified atom stereocenters. The summed E-state index contributed by atoms with van der Waals surface area (Å²) in [6.07, 6.45) is 1.13. The van der Waals surface area contributed by atoms with Crippen LogP contribution in [-0.2, 0) is 25.1 Å². The first-order chi connectivity index (χ1) is 12.1. The zero-order valence-electron chi connectivity index (χ0n) is 14.3. The van der Waals surface area contributed by atoms with E-state index < -0.39 is 28.3 Å². The molecule has 1 amide bonds. The lowest BCUT2D eigenvalue weighted by Crippen LogP contribution is -2.21. The lowest BCUT2D eigenvalue weighted by Gasteiger charge is -2.08. The molecule has 0 saturated heterocycles. The Morgan fingerprint density at radius 1 is 1.12 bits per heavy atom. The molecule has 0 aliphatic rings. The van der Waals surface area contributed by atoms with Gasteiger partial charge in [0.1, 0.15) is 0 Å². The fraction of sp³-hybridized carbons (Fsp3) is 0.222. The summed E-state index contributed by atoms with van der Waals surface area (Å²) in [5.74, 6) is -1.27. The number of rotatable bonds is 6. The van der Waals surface area contributed by atoms with Gasteiger partial charge >= 0.3 is 5.97 Å². The molecule has 138 valence electrons. The molecule has 0 bridgehead atoms. The highest BCUT2D eigenvalue weighted by atomic mass is 35.5. The maximum atomic E-state index is 12.0. The van der Waals surface area contributed by atoms with E-state index in [1.165, 1.54) is 24.3 Å². The van der Waals surface area contributed by atoms with Crippen molar-refractivity contribution in [1.29, 1.82) is 0 Å². The molecule has 2 aromatic carbocycles. The van der Waals surface area contributed by atoms with Gasteiger partial charge in [0, 0.05) is 17.0 Å². The molecule has 6 nitrogen and oxygen atoms in total. The Morgan fingerprint density at radius 2 is 1.77 bits per heavy atom. The zero-order chi connectivity index (χ0) is 19.3. The molecular weight excluding hydrogens is 378 g/mol. The van der Waals surface area contributed by atoms with Crippen molar-refractivity contribution >= 4 is 39.0 Å². The van der Waals surface area contributed by atoms with E-state index in [9.17, 15) is 18.0 Å². The lowest BCUT2D eigenvalue weighted by molar-refractivity contribution is -0.119. The lowest BCUT2D eigenvalue weighted by atomic mass is 10.1. The van der Waals surface area contributed by atoms with Gasteiger partial charge < -0.3 is 10.1 Å². The Bertz CT molecular complexity index is 923. The SMILES string of the molecule is Cc1ccc(NC(=O)COC(=O)c2ccc(CS(C)(=O)=O)cc2)cc1Cl. The largest absolute Gasteiger partial charge is 0.452 e. The number of halogens is 1. The van der Waals surface area contributed by atoms with Crippen LogP contribution in [0.25, 0.3) is 0 Å². The summed E-state index contributed by atoms with van der Waals surface area (Å²) in [4.78, 5) is 23.8. The van der Waals surface area contributed by atoms with Gasteiger partial charge in [0.25, 0.3) is 5.91 Å². The summed E-state index contributed by atoms with van der Waals surface area (Å²) in [5, 5.41) is 3.11. The number of ether oxygens (including phenoxy) is 1. The molecule has 0 fully saturated rings. The Balaban J connectivity index is 1.89. The minimum Gasteiger partial charge on any atom is -0.452 e. The number of amides is 1. The van der Waals surface area contributed by atoms with Gasteiger partial charge in [-0.3, -0.25) is 4.79 Å². The Morgan fingerprint density at radius 3 is 2.35 bits per heavy atom. The molecule has 8 heteroatoms. The van der Waals surface area contributed by atoms with Crippen molar-refractivity contribution in [2.75, 3.05) is 18.2 Å². The second-order valence-electron chi connectivity index (χ2n) is 5.86. The van der Waals surface area contributed by atoms with Crippen LogP contribution in [0, 0.1) is 6.92 Å². The first-order valence-corrected chi connectivity index (χ1v) is 10.1. The van der Waals surface area contributed by atoms with Crippen LogP contribution in [0.1, 0.15) is 21.5 Å². The standard InChI is InChI=1S/C18H18ClNO5S/c1-12-3-8-15(9-16(12)19)20-17(21)10-25-18(22)14-6-4-13(5-7-14)11-26(2,23)24/h3-9H,10-11H2,1-2H3,(H,20,21). The minimum atomic E-state index is -3.15. The smallest absolute Gasteiger partial charge is 0.338 e. The monoisotopic (exact) mass is 395 g/mol. The predicted octanol–water partition coefficient (Wildman–Crippen LogP) is 2.99. The van der Waals surface area contributed by atoms with Crippen molar-refractivity contribution in [1.82, 2.24) is 0 Å². The predicted molar refractivity (Wildman–Crippen MR) is 100 cm³/mol. The van der Waals surface area contributed by atoms with Crippen LogP contribution in [0.3, 0.4) is 0 Å². The number of carbonyl (C=O) groups is 2. The van der Waals surface area contributed by atoms with Gasteiger partial charge in [-0.15, -0.1) is 0 Å². The van der Waals surface area contributed by atoms with E-state index in [-0.39, 0.29) is 11.3 Å². The van der Waals surface area contributed by atoms with Gasteiger partial charge in [-0.1, -0.05) is 29.8 Å². The molecule has 0 aliphatic carbocycles. The average Bonchev–Trinajstić information content (AvgIpc) is 2.55. The third-order valence-corrected chi connectivity index (χ3v) is 4.67. The van der Waals surface area contributed by atoms with E-state index in [0.29, 0.717) is 16.3 Å². The number of hydrogen-bond acceptors (Lipinski definition) is 5. The maximum Gasteiger partial charge on any atom is 0.338 e. The summed E-state index contributed by atoms with van der Waals surface area (Å²) >= 11 is 5.98. The highest BCUT2D eigenvalue weighted by Gasteiger charge is 2.12. The average molecular weight is 396 g/mol. The molecule has 0 spiro atoms. The van der Waals surface area contributed by atoms with E-state index in [1.54, 1.807) is 18.2 Å². The van der Waals surface area contributed by atoms with Crippen molar-refractivity contribution < 1.29 is 22.7 Å². The third-order valence-electron chi connectivity index (χ3n) is 3.41. The first kappa shape index (κ1) is 19.9. The van der Waals surface area contributed by atoms with Gasteiger partial charge in [-0.05, 0) is 42.3 Å². The second kappa shape index (κ2) is 8.33. The molecule has 26 heavy (non-hydrogen) atoms. The molecular formula is C18H18ClNO5S. The van der Waals surface area contributed by atoms with Crippen LogP contribution in [0.15, 0.2) is 42.5 Å². The number of anilines is 1. The fourth-order valence-electron chi connectivity index (χ4n) is 2.12. The first-order valence-electron chi connectivity index (χ1n) is 7.64. The van der Waals surface area contributed by atoms with E-state index in [0.717, 1.165) is 11.8 Å². The van der Waals surface area contributed by atoms with Crippen LogP contribution in [0.4, 0.5) is 5.69 Å². The molecule has 2 rings (SSSR count). The van der Waals surface area contributed by atoms with E-state index in [1.807, 2.05) is 6.92 Å². The number of nitrogens with one attached hydrogen (secondary N) is 1. The minimum absolute atomic E-state index is 0.107. The topological polar surface area (TPSA) is 89.5 Å². The number of aryl methyl sites for hydroxylation is 1. The van der Waals surface area contributed by atoms with Crippen molar-refractivity contribution in [3.05, 3.63) is 64.2 Å². The van der Waals surface area contributed by atoms with Crippen molar-refractivity contribution in [2.45, 2.75) is 12.7 Å². The van der Waals surface area contributed by atoms with Gasteiger partial charge in [0.05, 0.1) is 11.3 Å². The van der Waals surface area contributed by atoms with Crippen LogP contribution < -0.4 is 5.32 Å². The molecule has 0 aliphatic heterocycles. The molecule has 0 saturated carbocycles. The number of esters is 1. The summed E-state index contributed by atoms with van der Waals surface area (Å²) in [6.45, 7) is 1.40.